The lowest BCUT2D eigenvalue weighted by atomic mass is 9.82. The summed E-state index contributed by atoms with van der Waals surface area (Å²) in [6, 6.07) is 14.3. The molecule has 5 rings (SSSR count). The number of phenolic OH excluding ortho intramolecular Hbond substituents is 2. The lowest BCUT2D eigenvalue weighted by molar-refractivity contribution is -0.385. The van der Waals surface area contributed by atoms with Gasteiger partial charge in [-0.3, -0.25) is 10.1 Å². The Bertz CT molecular complexity index is 1550. The first kappa shape index (κ1) is 25.8. The van der Waals surface area contributed by atoms with Gasteiger partial charge in [0, 0.05) is 35.2 Å². The summed E-state index contributed by atoms with van der Waals surface area (Å²) in [6.45, 7) is 3.86. The van der Waals surface area contributed by atoms with Gasteiger partial charge in [-0.15, -0.1) is 0 Å². The number of nitro benzene ring substituents is 1. The van der Waals surface area contributed by atoms with E-state index in [1.54, 1.807) is 31.2 Å². The molecule has 0 aromatic heterocycles. The molecule has 0 aliphatic carbocycles. The summed E-state index contributed by atoms with van der Waals surface area (Å²) in [5.74, 6) is -2.40. The van der Waals surface area contributed by atoms with Gasteiger partial charge >= 0.3 is 0 Å². The largest absolute Gasteiger partial charge is 0.505 e. The van der Waals surface area contributed by atoms with Crippen LogP contribution in [0.5, 0.6) is 34.5 Å². The van der Waals surface area contributed by atoms with E-state index in [-0.39, 0.29) is 30.4 Å². The normalized spacial score (nSPS) is 12.3. The first-order valence-corrected chi connectivity index (χ1v) is 12.0. The fourth-order valence-corrected chi connectivity index (χ4v) is 4.50. The molecule has 0 spiro atoms. The maximum absolute atomic E-state index is 14.4. The molecule has 0 bridgehead atoms. The SMILES string of the molecule is Cc1ccc(C2c3cc(F)c(O)cc3Oc3cc(O)c(F)cc32)cc1OCCOc1cc([N+](=O)[O-])ccc1C. The summed E-state index contributed by atoms with van der Waals surface area (Å²) in [5.41, 5.74) is 2.82. The Kier molecular flexibility index (Phi) is 6.69. The average molecular weight is 535 g/mol. The van der Waals surface area contributed by atoms with E-state index in [0.29, 0.717) is 28.2 Å². The Morgan fingerprint density at radius 2 is 1.33 bits per heavy atom. The molecule has 2 N–H and O–H groups in total. The molecule has 1 aliphatic rings. The second kappa shape index (κ2) is 10.1. The smallest absolute Gasteiger partial charge is 0.273 e. The van der Waals surface area contributed by atoms with Crippen molar-refractivity contribution in [2.45, 2.75) is 19.8 Å². The molecule has 0 fully saturated rings. The zero-order valence-electron chi connectivity index (χ0n) is 20.9. The first-order valence-electron chi connectivity index (χ1n) is 12.0. The number of phenols is 2. The molecule has 0 atom stereocenters. The number of nitro groups is 1. The fourth-order valence-electron chi connectivity index (χ4n) is 4.50. The van der Waals surface area contributed by atoms with Gasteiger partial charge in [-0.05, 0) is 54.8 Å². The summed E-state index contributed by atoms with van der Waals surface area (Å²) in [5, 5.41) is 30.8. The molecule has 4 aromatic carbocycles. The number of aromatic hydroxyl groups is 2. The van der Waals surface area contributed by atoms with Crippen LogP contribution in [0.25, 0.3) is 0 Å². The summed E-state index contributed by atoms with van der Waals surface area (Å²) < 4.78 is 46.2. The van der Waals surface area contributed by atoms with E-state index in [2.05, 4.69) is 0 Å². The molecule has 0 unspecified atom stereocenters. The molecule has 8 nitrogen and oxygen atoms in total. The van der Waals surface area contributed by atoms with Crippen LogP contribution in [0.1, 0.15) is 33.7 Å². The molecular weight excluding hydrogens is 512 g/mol. The van der Waals surface area contributed by atoms with Gasteiger partial charge in [0.1, 0.15) is 36.2 Å². The highest BCUT2D eigenvalue weighted by atomic mass is 19.1. The van der Waals surface area contributed by atoms with Gasteiger partial charge in [-0.2, -0.15) is 0 Å². The number of nitrogens with zero attached hydrogens (tertiary/aromatic N) is 1. The second-order valence-corrected chi connectivity index (χ2v) is 9.15. The third kappa shape index (κ3) is 5.00. The summed E-state index contributed by atoms with van der Waals surface area (Å²) in [7, 11) is 0. The van der Waals surface area contributed by atoms with Crippen molar-refractivity contribution in [3.63, 3.8) is 0 Å². The molecular formula is C29H23F2NO7. The van der Waals surface area contributed by atoms with E-state index in [4.69, 9.17) is 14.2 Å². The van der Waals surface area contributed by atoms with E-state index in [9.17, 15) is 29.1 Å². The van der Waals surface area contributed by atoms with Crippen molar-refractivity contribution in [3.05, 3.63) is 110 Å². The van der Waals surface area contributed by atoms with Crippen molar-refractivity contribution in [2.75, 3.05) is 13.2 Å². The highest BCUT2D eigenvalue weighted by Gasteiger charge is 2.32. The van der Waals surface area contributed by atoms with Crippen LogP contribution in [0, 0.1) is 35.6 Å². The second-order valence-electron chi connectivity index (χ2n) is 9.15. The molecule has 1 aliphatic heterocycles. The quantitative estimate of drug-likeness (QED) is 0.136. The van der Waals surface area contributed by atoms with E-state index < -0.39 is 34.0 Å². The van der Waals surface area contributed by atoms with Gasteiger partial charge < -0.3 is 24.4 Å². The van der Waals surface area contributed by atoms with E-state index in [1.165, 1.54) is 12.1 Å². The van der Waals surface area contributed by atoms with Gasteiger partial charge in [0.2, 0.25) is 0 Å². The van der Waals surface area contributed by atoms with Crippen LogP contribution >= 0.6 is 0 Å². The van der Waals surface area contributed by atoms with Gasteiger partial charge in [-0.1, -0.05) is 12.1 Å². The van der Waals surface area contributed by atoms with Crippen molar-refractivity contribution < 1.29 is 38.1 Å². The first-order chi connectivity index (χ1) is 18.6. The van der Waals surface area contributed by atoms with Crippen LogP contribution in [-0.2, 0) is 0 Å². The zero-order valence-corrected chi connectivity index (χ0v) is 20.9. The van der Waals surface area contributed by atoms with Crippen LogP contribution in [0.2, 0.25) is 0 Å². The molecule has 39 heavy (non-hydrogen) atoms. The Balaban J connectivity index is 1.43. The standard InChI is InChI=1S/C29H23F2NO7/c1-15-3-5-17(9-25(15)37-7-8-38-26-10-18(32(35)36)6-4-16(26)2)29-19-11-21(30)23(33)13-27(19)39-28-14-24(34)22(31)12-20(28)29/h3-6,9-14,29,33-34H,7-8H2,1-2H3. The zero-order chi connectivity index (χ0) is 27.8. The average Bonchev–Trinajstić information content (AvgIpc) is 2.89. The number of benzene rings is 4. The minimum atomic E-state index is -0.859. The number of halogens is 2. The maximum atomic E-state index is 14.4. The predicted octanol–water partition coefficient (Wildman–Crippen LogP) is 6.64. The van der Waals surface area contributed by atoms with Crippen molar-refractivity contribution in [1.82, 2.24) is 0 Å². The van der Waals surface area contributed by atoms with E-state index in [0.717, 1.165) is 35.4 Å². The predicted molar refractivity (Wildman–Crippen MR) is 137 cm³/mol. The molecule has 0 radical (unpaired) electrons. The highest BCUT2D eigenvalue weighted by Crippen LogP contribution is 2.50. The Labute approximate surface area is 221 Å². The molecule has 200 valence electrons. The third-order valence-corrected chi connectivity index (χ3v) is 6.53. The van der Waals surface area contributed by atoms with Crippen LogP contribution < -0.4 is 14.2 Å². The topological polar surface area (TPSA) is 111 Å². The van der Waals surface area contributed by atoms with E-state index >= 15 is 0 Å². The number of hydrogen-bond donors (Lipinski definition) is 2. The summed E-state index contributed by atoms with van der Waals surface area (Å²) in [6.07, 6.45) is 0. The molecule has 4 aromatic rings. The maximum Gasteiger partial charge on any atom is 0.273 e. The number of hydrogen-bond acceptors (Lipinski definition) is 7. The Hall–Kier alpha value is -4.86. The molecule has 0 saturated heterocycles. The minimum Gasteiger partial charge on any atom is -0.505 e. The fraction of sp³-hybridized carbons (Fsp3) is 0.172. The summed E-state index contributed by atoms with van der Waals surface area (Å²) >= 11 is 0. The number of rotatable bonds is 7. The van der Waals surface area contributed by atoms with Gasteiger partial charge in [0.15, 0.2) is 23.1 Å². The third-order valence-electron chi connectivity index (χ3n) is 6.53. The number of non-ortho nitro benzene ring substituents is 1. The van der Waals surface area contributed by atoms with E-state index in [1.807, 2.05) is 6.92 Å². The van der Waals surface area contributed by atoms with Gasteiger partial charge in [-0.25, -0.2) is 8.78 Å². The highest BCUT2D eigenvalue weighted by molar-refractivity contribution is 5.62. The van der Waals surface area contributed by atoms with Crippen LogP contribution in [-0.4, -0.2) is 28.4 Å². The Morgan fingerprint density at radius 1 is 0.821 bits per heavy atom. The molecule has 0 amide bonds. The number of fused-ring (bicyclic) bond motifs is 2. The monoisotopic (exact) mass is 535 g/mol. The van der Waals surface area contributed by atoms with Crippen molar-refractivity contribution in [3.8, 4) is 34.5 Å². The van der Waals surface area contributed by atoms with Crippen molar-refractivity contribution >= 4 is 5.69 Å². The molecule has 0 saturated carbocycles. The lowest BCUT2D eigenvalue weighted by Crippen LogP contribution is -2.14. The van der Waals surface area contributed by atoms with Gasteiger partial charge in [0.05, 0.1) is 11.0 Å². The lowest BCUT2D eigenvalue weighted by Gasteiger charge is -2.29. The van der Waals surface area contributed by atoms with Crippen molar-refractivity contribution in [1.29, 1.82) is 0 Å². The van der Waals surface area contributed by atoms with Crippen LogP contribution in [0.15, 0.2) is 60.7 Å². The number of ether oxygens (including phenoxy) is 3. The molecule has 10 heteroatoms. The molecule has 1 heterocycles. The van der Waals surface area contributed by atoms with Crippen LogP contribution in [0.4, 0.5) is 14.5 Å². The number of aryl methyl sites for hydroxylation is 2. The van der Waals surface area contributed by atoms with Crippen LogP contribution in [0.3, 0.4) is 0 Å². The van der Waals surface area contributed by atoms with Gasteiger partial charge in [0.25, 0.3) is 5.69 Å². The van der Waals surface area contributed by atoms with Crippen molar-refractivity contribution in [2.24, 2.45) is 0 Å². The minimum absolute atomic E-state index is 0.0772. The summed E-state index contributed by atoms with van der Waals surface area (Å²) in [4.78, 5) is 10.6. The Morgan fingerprint density at radius 3 is 1.87 bits per heavy atom.